The minimum absolute atomic E-state index is 0.203. The monoisotopic (exact) mass is 326 g/mol. The highest BCUT2D eigenvalue weighted by atomic mass is 28.4. The van der Waals surface area contributed by atoms with Crippen molar-refractivity contribution in [3.05, 3.63) is 35.4 Å². The van der Waals surface area contributed by atoms with E-state index >= 15 is 0 Å². The zero-order valence-electron chi connectivity index (χ0n) is 13.0. The molecule has 8 heteroatoms. The Morgan fingerprint density at radius 3 is 2.14 bits per heavy atom. The van der Waals surface area contributed by atoms with E-state index in [1.165, 1.54) is 6.07 Å². The second kappa shape index (κ2) is 8.64. The quantitative estimate of drug-likeness (QED) is 0.516. The van der Waals surface area contributed by atoms with Gasteiger partial charge in [-0.15, -0.1) is 0 Å². The molecule has 0 unspecified atom stereocenters. The molecule has 7 nitrogen and oxygen atoms in total. The lowest BCUT2D eigenvalue weighted by Gasteiger charge is -2.24. The lowest BCUT2D eigenvalue weighted by molar-refractivity contribution is 0.0933. The van der Waals surface area contributed by atoms with E-state index in [4.69, 9.17) is 19.0 Å². The van der Waals surface area contributed by atoms with Crippen LogP contribution in [0.15, 0.2) is 24.3 Å². The van der Waals surface area contributed by atoms with Gasteiger partial charge in [0.25, 0.3) is 5.91 Å². The Bertz CT molecular complexity index is 511. The van der Waals surface area contributed by atoms with Crippen LogP contribution in [0.4, 0.5) is 0 Å². The number of primary amides is 1. The van der Waals surface area contributed by atoms with Crippen molar-refractivity contribution in [2.45, 2.75) is 12.5 Å². The molecular weight excluding hydrogens is 304 g/mol. The molecule has 0 heterocycles. The Morgan fingerprint density at radius 2 is 1.64 bits per heavy atom. The van der Waals surface area contributed by atoms with Crippen molar-refractivity contribution in [2.75, 3.05) is 27.9 Å². The maximum absolute atomic E-state index is 12.1. The SMILES string of the molecule is CO[Si](CCCNC(=O)c1ccccc1C(N)=O)(OC)OC. The number of carbonyl (C=O) groups is 2. The minimum atomic E-state index is -2.62. The van der Waals surface area contributed by atoms with Gasteiger partial charge in [0.2, 0.25) is 5.91 Å². The van der Waals surface area contributed by atoms with Gasteiger partial charge in [-0.25, -0.2) is 0 Å². The summed E-state index contributed by atoms with van der Waals surface area (Å²) in [4.78, 5) is 23.4. The van der Waals surface area contributed by atoms with Crippen LogP contribution >= 0.6 is 0 Å². The average molecular weight is 326 g/mol. The standard InChI is InChI=1S/C14H22N2O5Si/c1-19-22(20-2,21-3)10-6-9-16-14(18)12-8-5-4-7-11(12)13(15)17/h4-5,7-8H,6,9-10H2,1-3H3,(H2,15,17)(H,16,18). The molecule has 0 radical (unpaired) electrons. The van der Waals surface area contributed by atoms with E-state index in [9.17, 15) is 9.59 Å². The Morgan fingerprint density at radius 1 is 1.09 bits per heavy atom. The molecule has 0 aromatic heterocycles. The third-order valence-electron chi connectivity index (χ3n) is 3.32. The summed E-state index contributed by atoms with van der Waals surface area (Å²) < 4.78 is 15.9. The van der Waals surface area contributed by atoms with Gasteiger partial charge in [0.1, 0.15) is 0 Å². The molecule has 0 bridgehead atoms. The van der Waals surface area contributed by atoms with Gasteiger partial charge in [-0.2, -0.15) is 0 Å². The van der Waals surface area contributed by atoms with Gasteiger partial charge in [0.15, 0.2) is 0 Å². The van der Waals surface area contributed by atoms with Gasteiger partial charge in [-0.1, -0.05) is 12.1 Å². The summed E-state index contributed by atoms with van der Waals surface area (Å²) in [6.45, 7) is 0.413. The van der Waals surface area contributed by atoms with E-state index in [1.54, 1.807) is 39.5 Å². The molecule has 0 aliphatic rings. The first-order valence-electron chi connectivity index (χ1n) is 6.82. The molecule has 1 aromatic carbocycles. The van der Waals surface area contributed by atoms with E-state index < -0.39 is 14.7 Å². The first kappa shape index (κ1) is 18.3. The van der Waals surface area contributed by atoms with Crippen LogP contribution in [-0.4, -0.2) is 48.5 Å². The van der Waals surface area contributed by atoms with Crippen LogP contribution in [0, 0.1) is 0 Å². The van der Waals surface area contributed by atoms with Crippen LogP contribution in [0.1, 0.15) is 27.1 Å². The maximum Gasteiger partial charge on any atom is 0.500 e. The molecule has 1 rings (SSSR count). The highest BCUT2D eigenvalue weighted by Crippen LogP contribution is 2.14. The summed E-state index contributed by atoms with van der Waals surface area (Å²) in [6, 6.07) is 7.00. The van der Waals surface area contributed by atoms with E-state index in [1.807, 2.05) is 0 Å². The molecule has 0 saturated carbocycles. The number of hydrogen-bond acceptors (Lipinski definition) is 5. The van der Waals surface area contributed by atoms with Gasteiger partial charge in [-0.05, 0) is 18.6 Å². The Labute approximate surface area is 131 Å². The van der Waals surface area contributed by atoms with Gasteiger partial charge in [-0.3, -0.25) is 9.59 Å². The van der Waals surface area contributed by atoms with Crippen LogP contribution < -0.4 is 11.1 Å². The fraction of sp³-hybridized carbons (Fsp3) is 0.429. The number of benzene rings is 1. The summed E-state index contributed by atoms with van der Waals surface area (Å²) in [5.41, 5.74) is 5.73. The van der Waals surface area contributed by atoms with Crippen molar-refractivity contribution in [1.82, 2.24) is 5.32 Å². The van der Waals surface area contributed by atoms with Crippen LogP contribution in [0.5, 0.6) is 0 Å². The van der Waals surface area contributed by atoms with Gasteiger partial charge in [0, 0.05) is 33.9 Å². The second-order valence-electron chi connectivity index (χ2n) is 4.56. The van der Waals surface area contributed by atoms with Crippen molar-refractivity contribution in [3.8, 4) is 0 Å². The average Bonchev–Trinajstić information content (AvgIpc) is 2.55. The van der Waals surface area contributed by atoms with Crippen molar-refractivity contribution in [3.63, 3.8) is 0 Å². The van der Waals surface area contributed by atoms with Gasteiger partial charge in [0.05, 0.1) is 11.1 Å². The van der Waals surface area contributed by atoms with Crippen LogP contribution in [0.3, 0.4) is 0 Å². The molecule has 0 saturated heterocycles. The summed E-state index contributed by atoms with van der Waals surface area (Å²) in [7, 11) is 2.00. The molecule has 2 amide bonds. The summed E-state index contributed by atoms with van der Waals surface area (Å²) in [5.74, 6) is -0.968. The summed E-state index contributed by atoms with van der Waals surface area (Å²) in [5, 5.41) is 2.75. The lowest BCUT2D eigenvalue weighted by Crippen LogP contribution is -2.43. The smallest absolute Gasteiger partial charge is 0.377 e. The lowest BCUT2D eigenvalue weighted by atomic mass is 10.1. The molecule has 3 N–H and O–H groups in total. The molecule has 0 fully saturated rings. The van der Waals surface area contributed by atoms with Gasteiger partial charge >= 0.3 is 8.80 Å². The van der Waals surface area contributed by atoms with Crippen LogP contribution in [0.2, 0.25) is 6.04 Å². The fourth-order valence-electron chi connectivity index (χ4n) is 2.05. The largest absolute Gasteiger partial charge is 0.500 e. The molecule has 0 atom stereocenters. The van der Waals surface area contributed by atoms with Crippen molar-refractivity contribution >= 4 is 20.6 Å². The third-order valence-corrected chi connectivity index (χ3v) is 6.15. The molecular formula is C14H22N2O5Si. The number of nitrogens with one attached hydrogen (secondary N) is 1. The normalized spacial score (nSPS) is 11.2. The predicted octanol–water partition coefficient (Wildman–Crippen LogP) is 0.783. The van der Waals surface area contributed by atoms with E-state index in [0.717, 1.165) is 0 Å². The molecule has 0 aliphatic heterocycles. The van der Waals surface area contributed by atoms with Crippen molar-refractivity contribution in [1.29, 1.82) is 0 Å². The number of carbonyl (C=O) groups excluding carboxylic acids is 2. The second-order valence-corrected chi connectivity index (χ2v) is 7.66. The summed E-state index contributed by atoms with van der Waals surface area (Å²) >= 11 is 0. The number of hydrogen-bond donors (Lipinski definition) is 2. The van der Waals surface area contributed by atoms with E-state index in [0.29, 0.717) is 19.0 Å². The van der Waals surface area contributed by atoms with E-state index in [2.05, 4.69) is 5.32 Å². The predicted molar refractivity (Wildman–Crippen MR) is 83.5 cm³/mol. The van der Waals surface area contributed by atoms with Crippen LogP contribution in [0.25, 0.3) is 0 Å². The molecule has 0 aliphatic carbocycles. The van der Waals surface area contributed by atoms with Crippen molar-refractivity contribution < 1.29 is 22.9 Å². The first-order chi connectivity index (χ1) is 10.5. The van der Waals surface area contributed by atoms with Crippen LogP contribution in [-0.2, 0) is 13.3 Å². The summed E-state index contributed by atoms with van der Waals surface area (Å²) in [6.07, 6.45) is 0.631. The van der Waals surface area contributed by atoms with Gasteiger partial charge < -0.3 is 24.3 Å². The highest BCUT2D eigenvalue weighted by Gasteiger charge is 2.36. The zero-order chi connectivity index (χ0) is 16.6. The zero-order valence-corrected chi connectivity index (χ0v) is 14.0. The minimum Gasteiger partial charge on any atom is -0.377 e. The Hall–Kier alpha value is -1.74. The third kappa shape index (κ3) is 4.63. The molecule has 0 spiro atoms. The molecule has 122 valence electrons. The molecule has 22 heavy (non-hydrogen) atoms. The first-order valence-corrected chi connectivity index (χ1v) is 8.75. The topological polar surface area (TPSA) is 99.9 Å². The van der Waals surface area contributed by atoms with E-state index in [-0.39, 0.29) is 17.0 Å². The number of rotatable bonds is 9. The molecule has 1 aromatic rings. The Balaban J connectivity index is 2.56. The fourth-order valence-corrected chi connectivity index (χ4v) is 3.78. The highest BCUT2D eigenvalue weighted by molar-refractivity contribution is 6.60. The van der Waals surface area contributed by atoms with Crippen molar-refractivity contribution in [2.24, 2.45) is 5.73 Å². The Kier molecular flexibility index (Phi) is 7.19. The number of nitrogens with two attached hydrogens (primary N) is 1. The maximum atomic E-state index is 12.1. The number of amides is 2.